The molecule has 0 aliphatic heterocycles. The van der Waals surface area contributed by atoms with Crippen molar-refractivity contribution in [3.05, 3.63) is 29.6 Å². The van der Waals surface area contributed by atoms with Crippen molar-refractivity contribution >= 4 is 34.7 Å². The summed E-state index contributed by atoms with van der Waals surface area (Å²) < 4.78 is 2.35. The van der Waals surface area contributed by atoms with Crippen molar-refractivity contribution in [3.63, 3.8) is 0 Å². The molecule has 7 heteroatoms. The van der Waals surface area contributed by atoms with E-state index in [-0.39, 0.29) is 17.4 Å². The summed E-state index contributed by atoms with van der Waals surface area (Å²) in [5.74, 6) is 0.164. The van der Waals surface area contributed by atoms with Crippen molar-refractivity contribution in [3.8, 4) is 0 Å². The maximum absolute atomic E-state index is 11.7. The van der Waals surface area contributed by atoms with Crippen LogP contribution in [0, 0.1) is 0 Å². The summed E-state index contributed by atoms with van der Waals surface area (Å²) >= 11 is 1.10. The van der Waals surface area contributed by atoms with Gasteiger partial charge in [-0.05, 0) is 30.5 Å². The van der Waals surface area contributed by atoms with Crippen LogP contribution in [0.4, 0.5) is 0 Å². The molecule has 1 aliphatic rings. The Morgan fingerprint density at radius 2 is 2.17 bits per heavy atom. The quantitative estimate of drug-likeness (QED) is 0.766. The highest BCUT2D eigenvalue weighted by atomic mass is 32.2. The predicted octanol–water partition coefficient (Wildman–Crippen LogP) is 2.37. The first kappa shape index (κ1) is 16.8. The molecule has 3 rings (SSSR count). The van der Waals surface area contributed by atoms with E-state index in [0.29, 0.717) is 12.6 Å². The summed E-state index contributed by atoms with van der Waals surface area (Å²) in [7, 11) is 0. The number of aryl methyl sites for hydroxylation is 1. The third-order valence-electron chi connectivity index (χ3n) is 4.00. The molecule has 2 N–H and O–H groups in total. The number of thioether (sulfide) groups is 1. The molecule has 128 valence electrons. The molecule has 6 nitrogen and oxygen atoms in total. The Kier molecular flexibility index (Phi) is 5.08. The molecular weight excluding hydrogens is 326 g/mol. The lowest BCUT2D eigenvalue weighted by Gasteiger charge is -2.07. The number of nitrogens with one attached hydrogen (secondary N) is 1. The highest BCUT2D eigenvalue weighted by Crippen LogP contribution is 2.38. The van der Waals surface area contributed by atoms with Crippen molar-refractivity contribution in [2.24, 2.45) is 0 Å². The number of rotatable bonds is 8. The van der Waals surface area contributed by atoms with Crippen molar-refractivity contribution < 1.29 is 14.7 Å². The van der Waals surface area contributed by atoms with Crippen LogP contribution in [-0.2, 0) is 22.6 Å². The van der Waals surface area contributed by atoms with Gasteiger partial charge in [-0.1, -0.05) is 13.0 Å². The smallest absolute Gasteiger partial charge is 0.313 e. The van der Waals surface area contributed by atoms with Crippen LogP contribution in [0.3, 0.4) is 0 Å². The summed E-state index contributed by atoms with van der Waals surface area (Å²) in [5.41, 5.74) is 3.15. The SMILES string of the molecule is CCc1nc2cc(CNC(=O)CSCC(=O)O)ccc2n1C1CC1. The Morgan fingerprint density at radius 1 is 1.38 bits per heavy atom. The van der Waals surface area contributed by atoms with Crippen LogP contribution in [0.2, 0.25) is 0 Å². The number of fused-ring (bicyclic) bond motifs is 1. The molecule has 0 spiro atoms. The molecule has 0 saturated heterocycles. The Hall–Kier alpha value is -2.02. The molecule has 1 saturated carbocycles. The molecule has 1 amide bonds. The first-order valence-corrected chi connectivity index (χ1v) is 9.30. The first-order valence-electron chi connectivity index (χ1n) is 8.14. The van der Waals surface area contributed by atoms with Gasteiger partial charge in [-0.3, -0.25) is 9.59 Å². The molecule has 2 aromatic rings. The highest BCUT2D eigenvalue weighted by molar-refractivity contribution is 8.00. The number of carboxylic acid groups (broad SMARTS) is 1. The van der Waals surface area contributed by atoms with E-state index in [0.717, 1.165) is 35.1 Å². The summed E-state index contributed by atoms with van der Waals surface area (Å²) in [4.78, 5) is 26.9. The molecule has 24 heavy (non-hydrogen) atoms. The molecule has 1 aromatic carbocycles. The van der Waals surface area contributed by atoms with Crippen LogP contribution in [-0.4, -0.2) is 38.0 Å². The van der Waals surface area contributed by atoms with E-state index in [2.05, 4.69) is 22.9 Å². The molecule has 0 atom stereocenters. The number of imidazole rings is 1. The fourth-order valence-corrected chi connectivity index (χ4v) is 3.34. The average molecular weight is 347 g/mol. The minimum absolute atomic E-state index is 0.0578. The summed E-state index contributed by atoms with van der Waals surface area (Å²) in [6.07, 6.45) is 3.37. The number of amides is 1. The van der Waals surface area contributed by atoms with Crippen LogP contribution in [0.1, 0.15) is 37.2 Å². The Balaban J connectivity index is 1.63. The van der Waals surface area contributed by atoms with Crippen LogP contribution >= 0.6 is 11.8 Å². The largest absolute Gasteiger partial charge is 0.481 e. The van der Waals surface area contributed by atoms with E-state index in [9.17, 15) is 9.59 Å². The van der Waals surface area contributed by atoms with Crippen LogP contribution in [0.25, 0.3) is 11.0 Å². The van der Waals surface area contributed by atoms with Gasteiger partial charge in [0.2, 0.25) is 5.91 Å². The van der Waals surface area contributed by atoms with Gasteiger partial charge in [-0.25, -0.2) is 4.98 Å². The Labute approximate surface area is 144 Å². The monoisotopic (exact) mass is 347 g/mol. The second-order valence-electron chi connectivity index (χ2n) is 5.97. The Morgan fingerprint density at radius 3 is 2.83 bits per heavy atom. The zero-order chi connectivity index (χ0) is 17.1. The highest BCUT2D eigenvalue weighted by Gasteiger charge is 2.27. The Bertz CT molecular complexity index is 768. The van der Waals surface area contributed by atoms with Crippen LogP contribution < -0.4 is 5.32 Å². The van der Waals surface area contributed by atoms with E-state index < -0.39 is 5.97 Å². The lowest BCUT2D eigenvalue weighted by molar-refractivity contribution is -0.133. The van der Waals surface area contributed by atoms with Gasteiger partial charge >= 0.3 is 5.97 Å². The van der Waals surface area contributed by atoms with E-state index in [1.165, 1.54) is 18.4 Å². The zero-order valence-corrected chi connectivity index (χ0v) is 14.4. The summed E-state index contributed by atoms with van der Waals surface area (Å²) in [6.45, 7) is 2.55. The lowest BCUT2D eigenvalue weighted by Crippen LogP contribution is -2.25. The molecule has 1 heterocycles. The van der Waals surface area contributed by atoms with Gasteiger partial charge in [0.25, 0.3) is 0 Å². The van der Waals surface area contributed by atoms with E-state index in [4.69, 9.17) is 10.1 Å². The fourth-order valence-electron chi connectivity index (χ4n) is 2.78. The summed E-state index contributed by atoms with van der Waals surface area (Å²) in [6, 6.07) is 6.73. The van der Waals surface area contributed by atoms with Crippen molar-refractivity contribution in [1.82, 2.24) is 14.9 Å². The number of hydrogen-bond acceptors (Lipinski definition) is 4. The van der Waals surface area contributed by atoms with Crippen LogP contribution in [0.5, 0.6) is 0 Å². The molecule has 0 unspecified atom stereocenters. The van der Waals surface area contributed by atoms with Gasteiger partial charge in [-0.15, -0.1) is 11.8 Å². The van der Waals surface area contributed by atoms with Gasteiger partial charge < -0.3 is 15.0 Å². The number of carbonyl (C=O) groups excluding carboxylic acids is 1. The van der Waals surface area contributed by atoms with Gasteiger partial charge in [0.1, 0.15) is 5.82 Å². The lowest BCUT2D eigenvalue weighted by atomic mass is 10.2. The second-order valence-corrected chi connectivity index (χ2v) is 6.95. The molecule has 0 radical (unpaired) electrons. The minimum Gasteiger partial charge on any atom is -0.481 e. The van der Waals surface area contributed by atoms with Gasteiger partial charge in [0.15, 0.2) is 0 Å². The number of aliphatic carboxylic acids is 1. The van der Waals surface area contributed by atoms with E-state index in [1.54, 1.807) is 0 Å². The topological polar surface area (TPSA) is 84.2 Å². The van der Waals surface area contributed by atoms with Crippen molar-refractivity contribution in [1.29, 1.82) is 0 Å². The molecule has 1 fully saturated rings. The molecule has 1 aromatic heterocycles. The van der Waals surface area contributed by atoms with Crippen LogP contribution in [0.15, 0.2) is 18.2 Å². The molecule has 0 bridgehead atoms. The minimum atomic E-state index is -0.906. The molecule has 1 aliphatic carbocycles. The zero-order valence-electron chi connectivity index (χ0n) is 13.6. The number of carbonyl (C=O) groups is 2. The fraction of sp³-hybridized carbons (Fsp3) is 0.471. The first-order chi connectivity index (χ1) is 11.6. The second kappa shape index (κ2) is 7.25. The molecular formula is C17H21N3O3S. The third-order valence-corrected chi connectivity index (χ3v) is 4.92. The van der Waals surface area contributed by atoms with Crippen molar-refractivity contribution in [2.75, 3.05) is 11.5 Å². The number of aromatic nitrogens is 2. The predicted molar refractivity (Wildman–Crippen MR) is 94.2 cm³/mol. The van der Waals surface area contributed by atoms with E-state index in [1.807, 2.05) is 12.1 Å². The van der Waals surface area contributed by atoms with Gasteiger partial charge in [-0.2, -0.15) is 0 Å². The average Bonchev–Trinajstić information content (AvgIpc) is 3.32. The number of hydrogen-bond donors (Lipinski definition) is 2. The normalized spacial score (nSPS) is 14.0. The van der Waals surface area contributed by atoms with E-state index >= 15 is 0 Å². The number of benzene rings is 1. The maximum atomic E-state index is 11.7. The number of nitrogens with zero attached hydrogens (tertiary/aromatic N) is 2. The third kappa shape index (κ3) is 3.90. The maximum Gasteiger partial charge on any atom is 0.313 e. The summed E-state index contributed by atoms with van der Waals surface area (Å²) in [5, 5.41) is 11.4. The standard InChI is InChI=1S/C17H21N3O3S/c1-2-15-19-13-7-11(3-6-14(13)20(15)12-4-5-12)8-18-16(21)9-24-10-17(22)23/h3,6-7,12H,2,4-5,8-10H2,1H3,(H,18,21)(H,22,23). The van der Waals surface area contributed by atoms with Gasteiger partial charge in [0.05, 0.1) is 22.5 Å². The van der Waals surface area contributed by atoms with Gasteiger partial charge in [0, 0.05) is 19.0 Å². The number of carboxylic acids is 1. The van der Waals surface area contributed by atoms with Crippen molar-refractivity contribution in [2.45, 2.75) is 38.8 Å².